The Morgan fingerprint density at radius 3 is 2.50 bits per heavy atom. The predicted octanol–water partition coefficient (Wildman–Crippen LogP) is 3.21. The fourth-order valence-electron chi connectivity index (χ4n) is 2.47. The van der Waals surface area contributed by atoms with Gasteiger partial charge in [-0.15, -0.1) is 0 Å². The van der Waals surface area contributed by atoms with Crippen LogP contribution in [0.3, 0.4) is 0 Å². The van der Waals surface area contributed by atoms with Crippen LogP contribution in [0.1, 0.15) is 17.2 Å². The maximum atomic E-state index is 6.03. The van der Waals surface area contributed by atoms with Crippen LogP contribution < -0.4 is 5.73 Å². The van der Waals surface area contributed by atoms with Crippen LogP contribution in [0.5, 0.6) is 0 Å². The SMILES string of the molecule is NC1=NCC(c2ccc(Cl)cc2)N1Cc1ccccc1. The molecule has 3 nitrogen and oxygen atoms in total. The highest BCUT2D eigenvalue weighted by Crippen LogP contribution is 2.28. The largest absolute Gasteiger partial charge is 0.370 e. The van der Waals surface area contributed by atoms with Crippen LogP contribution in [0.15, 0.2) is 59.6 Å². The molecule has 2 aromatic carbocycles. The molecule has 0 amide bonds. The van der Waals surface area contributed by atoms with Crippen molar-refractivity contribution >= 4 is 17.6 Å². The third kappa shape index (κ3) is 2.63. The Morgan fingerprint density at radius 2 is 1.80 bits per heavy atom. The Hall–Kier alpha value is -2.00. The van der Waals surface area contributed by atoms with E-state index in [1.807, 2.05) is 42.5 Å². The standard InChI is InChI=1S/C16H16ClN3/c17-14-8-6-13(7-9-14)15-10-19-16(18)20(15)11-12-4-2-1-3-5-12/h1-9,15H,10-11H2,(H2,18,19). The van der Waals surface area contributed by atoms with Gasteiger partial charge in [0.2, 0.25) is 0 Å². The molecule has 1 heterocycles. The van der Waals surface area contributed by atoms with E-state index in [9.17, 15) is 0 Å². The molecule has 2 aromatic rings. The van der Waals surface area contributed by atoms with Crippen LogP contribution in [-0.4, -0.2) is 17.4 Å². The summed E-state index contributed by atoms with van der Waals surface area (Å²) in [5.74, 6) is 0.605. The van der Waals surface area contributed by atoms with Crippen molar-refractivity contribution < 1.29 is 0 Å². The maximum absolute atomic E-state index is 6.03. The zero-order valence-electron chi connectivity index (χ0n) is 11.0. The average Bonchev–Trinajstić information content (AvgIpc) is 2.83. The molecule has 0 saturated heterocycles. The molecule has 0 fully saturated rings. The molecule has 2 N–H and O–H groups in total. The van der Waals surface area contributed by atoms with Crippen molar-refractivity contribution in [2.45, 2.75) is 12.6 Å². The molecule has 0 saturated carbocycles. The Balaban J connectivity index is 1.83. The summed E-state index contributed by atoms with van der Waals surface area (Å²) < 4.78 is 0. The first-order valence-electron chi connectivity index (χ1n) is 6.60. The first-order chi connectivity index (χ1) is 9.74. The number of nitrogens with zero attached hydrogens (tertiary/aromatic N) is 2. The molecule has 1 aliphatic heterocycles. The number of nitrogens with two attached hydrogens (primary N) is 1. The summed E-state index contributed by atoms with van der Waals surface area (Å²) in [7, 11) is 0. The van der Waals surface area contributed by atoms with Crippen molar-refractivity contribution in [1.82, 2.24) is 4.90 Å². The van der Waals surface area contributed by atoms with Gasteiger partial charge in [-0.2, -0.15) is 0 Å². The van der Waals surface area contributed by atoms with E-state index in [-0.39, 0.29) is 6.04 Å². The van der Waals surface area contributed by atoms with Crippen LogP contribution in [0, 0.1) is 0 Å². The van der Waals surface area contributed by atoms with Crippen LogP contribution in [0.25, 0.3) is 0 Å². The highest BCUT2D eigenvalue weighted by molar-refractivity contribution is 6.30. The van der Waals surface area contributed by atoms with Gasteiger partial charge in [0.15, 0.2) is 5.96 Å². The van der Waals surface area contributed by atoms with Crippen molar-refractivity contribution in [3.05, 3.63) is 70.7 Å². The zero-order valence-corrected chi connectivity index (χ0v) is 11.8. The van der Waals surface area contributed by atoms with Crippen molar-refractivity contribution in [2.24, 2.45) is 10.7 Å². The molecular weight excluding hydrogens is 270 g/mol. The third-order valence-electron chi connectivity index (χ3n) is 3.55. The van der Waals surface area contributed by atoms with Crippen molar-refractivity contribution in [1.29, 1.82) is 0 Å². The normalized spacial score (nSPS) is 18.1. The maximum Gasteiger partial charge on any atom is 0.192 e. The Kier molecular flexibility index (Phi) is 3.61. The number of guanidine groups is 1. The van der Waals surface area contributed by atoms with Crippen LogP contribution in [0.4, 0.5) is 0 Å². The highest BCUT2D eigenvalue weighted by atomic mass is 35.5. The fourth-order valence-corrected chi connectivity index (χ4v) is 2.60. The molecule has 4 heteroatoms. The predicted molar refractivity (Wildman–Crippen MR) is 82.7 cm³/mol. The summed E-state index contributed by atoms with van der Waals surface area (Å²) in [5, 5.41) is 0.746. The molecule has 1 atom stereocenters. The lowest BCUT2D eigenvalue weighted by Crippen LogP contribution is -2.35. The summed E-state index contributed by atoms with van der Waals surface area (Å²) in [6.45, 7) is 1.46. The van der Waals surface area contributed by atoms with Gasteiger partial charge < -0.3 is 10.6 Å². The van der Waals surface area contributed by atoms with Gasteiger partial charge >= 0.3 is 0 Å². The fraction of sp³-hybridized carbons (Fsp3) is 0.188. The number of aliphatic imine (C=N–C) groups is 1. The molecule has 1 unspecified atom stereocenters. The van der Waals surface area contributed by atoms with E-state index >= 15 is 0 Å². The van der Waals surface area contributed by atoms with Gasteiger partial charge in [-0.05, 0) is 23.3 Å². The average molecular weight is 286 g/mol. The van der Waals surface area contributed by atoms with E-state index in [2.05, 4.69) is 22.0 Å². The lowest BCUT2D eigenvalue weighted by Gasteiger charge is -2.26. The molecule has 0 aromatic heterocycles. The smallest absolute Gasteiger partial charge is 0.192 e. The topological polar surface area (TPSA) is 41.6 Å². The first kappa shape index (κ1) is 13.0. The molecule has 3 rings (SSSR count). The van der Waals surface area contributed by atoms with E-state index in [0.717, 1.165) is 11.6 Å². The van der Waals surface area contributed by atoms with Gasteiger partial charge in [-0.3, -0.25) is 4.99 Å². The molecule has 1 aliphatic rings. The monoisotopic (exact) mass is 285 g/mol. The van der Waals surface area contributed by atoms with E-state index in [1.54, 1.807) is 0 Å². The summed E-state index contributed by atoms with van der Waals surface area (Å²) in [6.07, 6.45) is 0. The Morgan fingerprint density at radius 1 is 1.10 bits per heavy atom. The minimum atomic E-state index is 0.187. The number of benzene rings is 2. The Labute approximate surface area is 123 Å². The molecular formula is C16H16ClN3. The third-order valence-corrected chi connectivity index (χ3v) is 3.80. The molecule has 102 valence electrons. The van der Waals surface area contributed by atoms with Crippen LogP contribution in [0.2, 0.25) is 5.02 Å². The minimum absolute atomic E-state index is 0.187. The van der Waals surface area contributed by atoms with E-state index in [0.29, 0.717) is 12.5 Å². The molecule has 0 spiro atoms. The Bertz CT molecular complexity index is 607. The number of halogens is 1. The summed E-state index contributed by atoms with van der Waals surface area (Å²) in [4.78, 5) is 6.52. The molecule has 20 heavy (non-hydrogen) atoms. The van der Waals surface area contributed by atoms with Gasteiger partial charge in [0.1, 0.15) is 0 Å². The number of hydrogen-bond donors (Lipinski definition) is 1. The molecule has 0 bridgehead atoms. The molecule has 0 aliphatic carbocycles. The quantitative estimate of drug-likeness (QED) is 0.941. The van der Waals surface area contributed by atoms with E-state index in [1.165, 1.54) is 11.1 Å². The number of hydrogen-bond acceptors (Lipinski definition) is 3. The lowest BCUT2D eigenvalue weighted by atomic mass is 10.1. The highest BCUT2D eigenvalue weighted by Gasteiger charge is 2.27. The van der Waals surface area contributed by atoms with Crippen molar-refractivity contribution in [3.63, 3.8) is 0 Å². The summed E-state index contributed by atoms with van der Waals surface area (Å²) >= 11 is 5.95. The van der Waals surface area contributed by atoms with Gasteiger partial charge in [-0.1, -0.05) is 54.1 Å². The number of rotatable bonds is 3. The second-order valence-electron chi connectivity index (χ2n) is 4.88. The zero-order chi connectivity index (χ0) is 13.9. The molecule has 0 radical (unpaired) electrons. The second kappa shape index (κ2) is 5.55. The van der Waals surface area contributed by atoms with E-state index in [4.69, 9.17) is 17.3 Å². The second-order valence-corrected chi connectivity index (χ2v) is 5.32. The summed E-state index contributed by atoms with van der Waals surface area (Å²) in [5.41, 5.74) is 8.45. The summed E-state index contributed by atoms with van der Waals surface area (Å²) in [6, 6.07) is 18.4. The van der Waals surface area contributed by atoms with Crippen molar-refractivity contribution in [3.8, 4) is 0 Å². The van der Waals surface area contributed by atoms with Gasteiger partial charge in [0, 0.05) is 11.6 Å². The van der Waals surface area contributed by atoms with Gasteiger partial charge in [-0.25, -0.2) is 0 Å². The van der Waals surface area contributed by atoms with Gasteiger partial charge in [0.05, 0.1) is 12.6 Å². The lowest BCUT2D eigenvalue weighted by molar-refractivity contribution is 0.340. The van der Waals surface area contributed by atoms with Crippen LogP contribution >= 0.6 is 11.6 Å². The van der Waals surface area contributed by atoms with E-state index < -0.39 is 0 Å². The van der Waals surface area contributed by atoms with Crippen LogP contribution in [-0.2, 0) is 6.54 Å². The van der Waals surface area contributed by atoms with Gasteiger partial charge in [0.25, 0.3) is 0 Å². The van der Waals surface area contributed by atoms with Crippen molar-refractivity contribution in [2.75, 3.05) is 6.54 Å². The minimum Gasteiger partial charge on any atom is -0.370 e. The first-order valence-corrected chi connectivity index (χ1v) is 6.98.